The number of benzene rings is 1. The van der Waals surface area contributed by atoms with Crippen molar-refractivity contribution < 1.29 is 9.53 Å². The molecule has 1 aromatic heterocycles. The second kappa shape index (κ2) is 4.68. The molecule has 0 radical (unpaired) electrons. The predicted octanol–water partition coefficient (Wildman–Crippen LogP) is 1.84. The van der Waals surface area contributed by atoms with E-state index in [2.05, 4.69) is 4.98 Å². The SMILES string of the molecule is Cc1cc(=O)[nH]c2cc(C(=O)N3CCOCC34CC4)ccc12. The molecule has 2 aromatic rings. The maximum Gasteiger partial charge on any atom is 0.254 e. The zero-order valence-corrected chi connectivity index (χ0v) is 12.5. The highest BCUT2D eigenvalue weighted by atomic mass is 16.5. The normalized spacial score (nSPS) is 19.6. The molecule has 1 aliphatic carbocycles. The van der Waals surface area contributed by atoms with E-state index < -0.39 is 0 Å². The second-order valence-electron chi connectivity index (χ2n) is 6.31. The lowest BCUT2D eigenvalue weighted by Gasteiger charge is -2.36. The topological polar surface area (TPSA) is 62.4 Å². The highest BCUT2D eigenvalue weighted by Crippen LogP contribution is 2.44. The first-order chi connectivity index (χ1) is 10.6. The summed E-state index contributed by atoms with van der Waals surface area (Å²) in [7, 11) is 0. The van der Waals surface area contributed by atoms with Crippen LogP contribution in [0, 0.1) is 6.92 Å². The Bertz CT molecular complexity index is 820. The minimum atomic E-state index is -0.139. The summed E-state index contributed by atoms with van der Waals surface area (Å²) in [6.07, 6.45) is 2.03. The van der Waals surface area contributed by atoms with Gasteiger partial charge in [0.2, 0.25) is 5.56 Å². The van der Waals surface area contributed by atoms with E-state index in [4.69, 9.17) is 4.74 Å². The van der Waals surface area contributed by atoms with Gasteiger partial charge in [-0.05, 0) is 37.5 Å². The first-order valence-electron chi connectivity index (χ1n) is 7.63. The molecular weight excluding hydrogens is 280 g/mol. The maximum atomic E-state index is 12.8. The molecule has 1 amide bonds. The van der Waals surface area contributed by atoms with Crippen LogP contribution in [0.2, 0.25) is 0 Å². The number of carbonyl (C=O) groups excluding carboxylic acids is 1. The van der Waals surface area contributed by atoms with Crippen LogP contribution in [0.15, 0.2) is 29.1 Å². The average Bonchev–Trinajstić information content (AvgIpc) is 3.26. The molecule has 0 unspecified atom stereocenters. The number of carbonyl (C=O) groups is 1. The van der Waals surface area contributed by atoms with Gasteiger partial charge in [-0.15, -0.1) is 0 Å². The van der Waals surface area contributed by atoms with Gasteiger partial charge in [-0.25, -0.2) is 0 Å². The lowest BCUT2D eigenvalue weighted by atomic mass is 10.1. The molecule has 1 aromatic carbocycles. The molecule has 0 bridgehead atoms. The molecule has 2 heterocycles. The lowest BCUT2D eigenvalue weighted by Crippen LogP contribution is -2.50. The van der Waals surface area contributed by atoms with Crippen molar-refractivity contribution in [1.29, 1.82) is 0 Å². The van der Waals surface area contributed by atoms with Gasteiger partial charge in [-0.2, -0.15) is 0 Å². The Hall–Kier alpha value is -2.14. The number of aromatic amines is 1. The lowest BCUT2D eigenvalue weighted by molar-refractivity contribution is -0.0117. The summed E-state index contributed by atoms with van der Waals surface area (Å²) in [4.78, 5) is 29.2. The summed E-state index contributed by atoms with van der Waals surface area (Å²) in [5.74, 6) is 0.0325. The second-order valence-corrected chi connectivity index (χ2v) is 6.31. The van der Waals surface area contributed by atoms with Gasteiger partial charge in [0.1, 0.15) is 0 Å². The Morgan fingerprint density at radius 1 is 1.32 bits per heavy atom. The van der Waals surface area contributed by atoms with Crippen LogP contribution >= 0.6 is 0 Å². The fourth-order valence-corrected chi connectivity index (χ4v) is 3.33. The van der Waals surface area contributed by atoms with Gasteiger partial charge in [-0.1, -0.05) is 6.07 Å². The Morgan fingerprint density at radius 3 is 2.91 bits per heavy atom. The minimum Gasteiger partial charge on any atom is -0.377 e. The van der Waals surface area contributed by atoms with Crippen molar-refractivity contribution in [3.8, 4) is 0 Å². The molecule has 1 saturated carbocycles. The van der Waals surface area contributed by atoms with Crippen LogP contribution in [0.5, 0.6) is 0 Å². The molecule has 1 aliphatic heterocycles. The molecule has 2 fully saturated rings. The Balaban J connectivity index is 1.74. The molecule has 22 heavy (non-hydrogen) atoms. The van der Waals surface area contributed by atoms with E-state index in [0.717, 1.165) is 23.8 Å². The van der Waals surface area contributed by atoms with Crippen molar-refractivity contribution in [2.75, 3.05) is 19.8 Å². The first-order valence-corrected chi connectivity index (χ1v) is 7.63. The smallest absolute Gasteiger partial charge is 0.254 e. The van der Waals surface area contributed by atoms with Crippen LogP contribution in [0.1, 0.15) is 28.8 Å². The van der Waals surface area contributed by atoms with Crippen LogP contribution in [0.3, 0.4) is 0 Å². The molecule has 5 nitrogen and oxygen atoms in total. The largest absolute Gasteiger partial charge is 0.377 e. The summed E-state index contributed by atoms with van der Waals surface area (Å²) in [5.41, 5.74) is 2.04. The number of nitrogens with zero attached hydrogens (tertiary/aromatic N) is 1. The fraction of sp³-hybridized carbons (Fsp3) is 0.412. The van der Waals surface area contributed by atoms with Crippen molar-refractivity contribution in [3.05, 3.63) is 45.7 Å². The van der Waals surface area contributed by atoms with Gasteiger partial charge in [0.15, 0.2) is 0 Å². The zero-order valence-electron chi connectivity index (χ0n) is 12.5. The molecule has 4 rings (SSSR count). The number of rotatable bonds is 1. The summed E-state index contributed by atoms with van der Waals surface area (Å²) in [5, 5.41) is 0.972. The van der Waals surface area contributed by atoms with Crippen molar-refractivity contribution in [2.45, 2.75) is 25.3 Å². The van der Waals surface area contributed by atoms with Gasteiger partial charge >= 0.3 is 0 Å². The van der Waals surface area contributed by atoms with Gasteiger partial charge in [-0.3, -0.25) is 9.59 Å². The molecule has 1 spiro atoms. The third-order valence-corrected chi connectivity index (χ3v) is 4.77. The third-order valence-electron chi connectivity index (χ3n) is 4.77. The zero-order chi connectivity index (χ0) is 15.3. The predicted molar refractivity (Wildman–Crippen MR) is 83.1 cm³/mol. The van der Waals surface area contributed by atoms with Crippen LogP contribution in [0.4, 0.5) is 0 Å². The van der Waals surface area contributed by atoms with Crippen molar-refractivity contribution in [1.82, 2.24) is 9.88 Å². The Morgan fingerprint density at radius 2 is 2.14 bits per heavy atom. The van der Waals surface area contributed by atoms with Crippen LogP contribution in [-0.4, -0.2) is 41.1 Å². The van der Waals surface area contributed by atoms with E-state index in [-0.39, 0.29) is 17.0 Å². The molecule has 5 heteroatoms. The highest BCUT2D eigenvalue weighted by Gasteiger charge is 2.52. The van der Waals surface area contributed by atoms with Crippen LogP contribution < -0.4 is 5.56 Å². The number of morpholine rings is 1. The molecule has 2 aliphatic rings. The molecule has 0 atom stereocenters. The Kier molecular flexibility index (Phi) is 2.87. The number of fused-ring (bicyclic) bond motifs is 1. The van der Waals surface area contributed by atoms with Gasteiger partial charge in [0.25, 0.3) is 5.91 Å². The van der Waals surface area contributed by atoms with Gasteiger partial charge in [0, 0.05) is 29.1 Å². The van der Waals surface area contributed by atoms with E-state index in [9.17, 15) is 9.59 Å². The number of hydrogen-bond acceptors (Lipinski definition) is 3. The Labute approximate surface area is 127 Å². The number of nitrogens with one attached hydrogen (secondary N) is 1. The summed E-state index contributed by atoms with van der Waals surface area (Å²) in [6, 6.07) is 7.12. The highest BCUT2D eigenvalue weighted by molar-refractivity contribution is 5.98. The molecular formula is C17H18N2O3. The molecule has 114 valence electrons. The van der Waals surface area contributed by atoms with E-state index in [1.165, 1.54) is 0 Å². The van der Waals surface area contributed by atoms with E-state index in [0.29, 0.717) is 30.8 Å². The number of hydrogen-bond donors (Lipinski definition) is 1. The minimum absolute atomic E-state index is 0.0325. The monoisotopic (exact) mass is 298 g/mol. The van der Waals surface area contributed by atoms with Crippen LogP contribution in [0.25, 0.3) is 10.9 Å². The number of H-pyrrole nitrogens is 1. The standard InChI is InChI=1S/C17H18N2O3/c1-11-8-15(20)18-14-9-12(2-3-13(11)14)16(21)19-6-7-22-10-17(19)4-5-17/h2-3,8-9H,4-7,10H2,1H3,(H,18,20). The van der Waals surface area contributed by atoms with Crippen molar-refractivity contribution in [3.63, 3.8) is 0 Å². The summed E-state index contributed by atoms with van der Waals surface area (Å²) >= 11 is 0. The number of pyridine rings is 1. The molecule has 1 saturated heterocycles. The summed E-state index contributed by atoms with van der Waals surface area (Å²) in [6.45, 7) is 3.78. The molecule has 1 N–H and O–H groups in total. The van der Waals surface area contributed by atoms with Gasteiger partial charge < -0.3 is 14.6 Å². The van der Waals surface area contributed by atoms with Crippen molar-refractivity contribution in [2.24, 2.45) is 0 Å². The van der Waals surface area contributed by atoms with Crippen LogP contribution in [-0.2, 0) is 4.74 Å². The van der Waals surface area contributed by atoms with E-state index >= 15 is 0 Å². The number of aromatic nitrogens is 1. The number of aryl methyl sites for hydroxylation is 1. The maximum absolute atomic E-state index is 12.8. The first kappa shape index (κ1) is 13.5. The van der Waals surface area contributed by atoms with Gasteiger partial charge in [0.05, 0.1) is 18.8 Å². The quantitative estimate of drug-likeness (QED) is 0.874. The number of ether oxygens (including phenoxy) is 1. The van der Waals surface area contributed by atoms with E-state index in [1.807, 2.05) is 24.0 Å². The van der Waals surface area contributed by atoms with E-state index in [1.54, 1.807) is 12.1 Å². The third kappa shape index (κ3) is 2.04. The number of amides is 1. The fourth-order valence-electron chi connectivity index (χ4n) is 3.33. The summed E-state index contributed by atoms with van der Waals surface area (Å²) < 4.78 is 5.52. The van der Waals surface area contributed by atoms with Crippen molar-refractivity contribution >= 4 is 16.8 Å². The average molecular weight is 298 g/mol.